The second-order valence-electron chi connectivity index (χ2n) is 8.86. The van der Waals surface area contributed by atoms with Crippen LogP contribution in [0.15, 0.2) is 0 Å². The highest BCUT2D eigenvalue weighted by molar-refractivity contribution is 5.91. The number of nitrogens with two attached hydrogens (primary N) is 1. The molecule has 2 rings (SSSR count). The molecule has 12 heteroatoms. The summed E-state index contributed by atoms with van der Waals surface area (Å²) in [5, 5.41) is 9.68. The molecule has 32 heavy (non-hydrogen) atoms. The van der Waals surface area contributed by atoms with Crippen LogP contribution in [0.2, 0.25) is 0 Å². The van der Waals surface area contributed by atoms with Gasteiger partial charge in [0.2, 0.25) is 5.91 Å². The van der Waals surface area contributed by atoms with Crippen LogP contribution in [0.3, 0.4) is 0 Å². The van der Waals surface area contributed by atoms with Crippen LogP contribution in [0.4, 0.5) is 13.2 Å². The Labute approximate surface area is 184 Å². The Morgan fingerprint density at radius 3 is 2.44 bits per heavy atom. The van der Waals surface area contributed by atoms with E-state index >= 15 is 0 Å². The van der Waals surface area contributed by atoms with Crippen molar-refractivity contribution in [2.75, 3.05) is 20.3 Å². The van der Waals surface area contributed by atoms with Gasteiger partial charge in [-0.25, -0.2) is 4.79 Å². The maximum Gasteiger partial charge on any atom is 0.492 e. The zero-order chi connectivity index (χ0) is 24.3. The van der Waals surface area contributed by atoms with E-state index in [4.69, 9.17) is 10.5 Å². The molecule has 0 bridgehead atoms. The Hall–Kier alpha value is -2.23. The second-order valence-corrected chi connectivity index (χ2v) is 8.86. The van der Waals surface area contributed by atoms with E-state index in [1.807, 2.05) is 0 Å². The number of ketones is 1. The highest BCUT2D eigenvalue weighted by Gasteiger charge is 2.50. The maximum absolute atomic E-state index is 13.1. The van der Waals surface area contributed by atoms with Crippen molar-refractivity contribution < 1.29 is 37.1 Å². The number of rotatable bonds is 8. The molecular weight excluding hydrogens is 433 g/mol. The maximum atomic E-state index is 13.1. The summed E-state index contributed by atoms with van der Waals surface area (Å²) in [7, 11) is 1.55. The summed E-state index contributed by atoms with van der Waals surface area (Å²) < 4.78 is 43.1. The fraction of sp³-hybridized carbons (Fsp3) is 0.800. The summed E-state index contributed by atoms with van der Waals surface area (Å²) >= 11 is 0. The van der Waals surface area contributed by atoms with Crippen molar-refractivity contribution in [3.63, 3.8) is 0 Å². The standard InChI is InChI=1S/C20H29F3N4O5/c1-19(2,9-15(28)26-8-4-5-13(26)11-31-3)17(25)16(29)14-7-6-12(10-24)27(14)32-18(30)20(21,22)23/h12-14,17H,4-9,11,25H2,1-3H3/t12-,13?,14?,17?/m0/s1. The normalized spacial score (nSPS) is 25.4. The third-order valence-corrected chi connectivity index (χ3v) is 6.04. The lowest BCUT2D eigenvalue weighted by atomic mass is 9.77. The predicted molar refractivity (Wildman–Crippen MR) is 104 cm³/mol. The number of nitrogens with zero attached hydrogens (tertiary/aromatic N) is 3. The van der Waals surface area contributed by atoms with E-state index in [9.17, 15) is 32.8 Å². The smallest absolute Gasteiger partial charge is 0.383 e. The highest BCUT2D eigenvalue weighted by Crippen LogP contribution is 2.33. The Morgan fingerprint density at radius 2 is 1.88 bits per heavy atom. The molecule has 0 radical (unpaired) electrons. The fourth-order valence-electron chi connectivity index (χ4n) is 4.17. The molecule has 0 aromatic carbocycles. The van der Waals surface area contributed by atoms with Crippen LogP contribution in [0, 0.1) is 16.7 Å². The summed E-state index contributed by atoms with van der Waals surface area (Å²) in [5.41, 5.74) is 5.13. The number of nitriles is 1. The third-order valence-electron chi connectivity index (χ3n) is 6.04. The zero-order valence-corrected chi connectivity index (χ0v) is 18.4. The lowest BCUT2D eigenvalue weighted by Crippen LogP contribution is -2.54. The predicted octanol–water partition coefficient (Wildman–Crippen LogP) is 1.31. The van der Waals surface area contributed by atoms with Crippen LogP contribution in [0.5, 0.6) is 0 Å². The lowest BCUT2D eigenvalue weighted by molar-refractivity contribution is -0.244. The molecule has 0 spiro atoms. The van der Waals surface area contributed by atoms with Gasteiger partial charge in [0.15, 0.2) is 5.78 Å². The minimum Gasteiger partial charge on any atom is -0.383 e. The first-order chi connectivity index (χ1) is 14.8. The van der Waals surface area contributed by atoms with Gasteiger partial charge < -0.3 is 20.2 Å². The molecule has 0 saturated carbocycles. The van der Waals surface area contributed by atoms with Gasteiger partial charge >= 0.3 is 12.1 Å². The first kappa shape index (κ1) is 26.0. The number of carbonyl (C=O) groups is 3. The van der Waals surface area contributed by atoms with E-state index in [0.29, 0.717) is 18.2 Å². The monoisotopic (exact) mass is 462 g/mol. The number of likely N-dealkylation sites (tertiary alicyclic amines) is 1. The molecule has 2 saturated heterocycles. The fourth-order valence-corrected chi connectivity index (χ4v) is 4.17. The Bertz CT molecular complexity index is 767. The van der Waals surface area contributed by atoms with Crippen LogP contribution >= 0.6 is 0 Å². The molecule has 4 atom stereocenters. The van der Waals surface area contributed by atoms with Crippen LogP contribution in [0.25, 0.3) is 0 Å². The number of hydroxylamine groups is 2. The van der Waals surface area contributed by atoms with Gasteiger partial charge in [0.05, 0.1) is 24.8 Å². The SMILES string of the molecule is COCC1CCCN1C(=O)CC(C)(C)C(N)C(=O)C1CC[C@@H](C#N)N1OC(=O)C(F)(F)F. The first-order valence-electron chi connectivity index (χ1n) is 10.4. The topological polar surface area (TPSA) is 126 Å². The van der Waals surface area contributed by atoms with E-state index in [2.05, 4.69) is 4.84 Å². The van der Waals surface area contributed by atoms with E-state index in [1.54, 1.807) is 31.9 Å². The number of methoxy groups -OCH3 is 1. The van der Waals surface area contributed by atoms with E-state index in [-0.39, 0.29) is 31.2 Å². The van der Waals surface area contributed by atoms with Gasteiger partial charge in [0, 0.05) is 20.1 Å². The van der Waals surface area contributed by atoms with Crippen LogP contribution in [0.1, 0.15) is 46.0 Å². The molecule has 9 nitrogen and oxygen atoms in total. The average molecular weight is 462 g/mol. The molecule has 180 valence electrons. The quantitative estimate of drug-likeness (QED) is 0.572. The summed E-state index contributed by atoms with van der Waals surface area (Å²) in [6, 6.07) is -2.06. The van der Waals surface area contributed by atoms with Gasteiger partial charge in [-0.05, 0) is 31.1 Å². The number of Topliss-reactive ketones (excluding diaryl/α,β-unsaturated/α-hetero) is 1. The molecule has 0 aliphatic carbocycles. The average Bonchev–Trinajstić information content (AvgIpc) is 3.32. The minimum atomic E-state index is -5.28. The Morgan fingerprint density at radius 1 is 1.22 bits per heavy atom. The van der Waals surface area contributed by atoms with E-state index in [0.717, 1.165) is 12.8 Å². The van der Waals surface area contributed by atoms with Gasteiger partial charge in [-0.15, -0.1) is 5.06 Å². The van der Waals surface area contributed by atoms with Gasteiger partial charge in [-0.2, -0.15) is 18.4 Å². The molecule has 0 aromatic heterocycles. The number of ether oxygens (including phenoxy) is 1. The van der Waals surface area contributed by atoms with E-state index < -0.39 is 41.5 Å². The van der Waals surface area contributed by atoms with Gasteiger partial charge in [0.25, 0.3) is 0 Å². The molecule has 2 heterocycles. The Balaban J connectivity index is 2.11. The number of alkyl halides is 3. The highest BCUT2D eigenvalue weighted by atomic mass is 19.4. The molecular formula is C20H29F3N4O5. The van der Waals surface area contributed by atoms with Crippen molar-refractivity contribution in [1.82, 2.24) is 9.96 Å². The summed E-state index contributed by atoms with van der Waals surface area (Å²) in [4.78, 5) is 43.3. The number of amides is 1. The number of carbonyl (C=O) groups excluding carboxylic acids is 3. The van der Waals surface area contributed by atoms with E-state index in [1.165, 1.54) is 0 Å². The second kappa shape index (κ2) is 10.1. The lowest BCUT2D eigenvalue weighted by Gasteiger charge is -2.35. The first-order valence-corrected chi connectivity index (χ1v) is 10.4. The van der Waals surface area contributed by atoms with Crippen LogP contribution in [-0.4, -0.2) is 78.2 Å². The minimum absolute atomic E-state index is 0.00195. The van der Waals surface area contributed by atoms with Crippen molar-refractivity contribution in [2.45, 2.75) is 76.3 Å². The summed E-state index contributed by atoms with van der Waals surface area (Å²) in [6.07, 6.45) is -3.65. The molecule has 2 aliphatic heterocycles. The van der Waals surface area contributed by atoms with Crippen molar-refractivity contribution in [3.8, 4) is 6.07 Å². The molecule has 2 N–H and O–H groups in total. The zero-order valence-electron chi connectivity index (χ0n) is 18.4. The Kier molecular flexibility index (Phi) is 8.25. The van der Waals surface area contributed by atoms with Gasteiger partial charge in [0.1, 0.15) is 12.1 Å². The van der Waals surface area contributed by atoms with Crippen molar-refractivity contribution in [3.05, 3.63) is 0 Å². The van der Waals surface area contributed by atoms with Crippen LogP contribution in [-0.2, 0) is 24.0 Å². The number of hydrogen-bond donors (Lipinski definition) is 1. The molecule has 1 amide bonds. The summed E-state index contributed by atoms with van der Waals surface area (Å²) in [6.45, 7) is 4.21. The van der Waals surface area contributed by atoms with Crippen LogP contribution < -0.4 is 5.73 Å². The molecule has 0 aromatic rings. The van der Waals surface area contributed by atoms with Crippen molar-refractivity contribution >= 4 is 17.7 Å². The number of halogens is 3. The van der Waals surface area contributed by atoms with Gasteiger partial charge in [-0.1, -0.05) is 13.8 Å². The molecule has 3 unspecified atom stereocenters. The number of hydrogen-bond acceptors (Lipinski definition) is 8. The molecule has 2 aliphatic rings. The third kappa shape index (κ3) is 5.76. The largest absolute Gasteiger partial charge is 0.492 e. The molecule has 2 fully saturated rings. The van der Waals surface area contributed by atoms with Crippen molar-refractivity contribution in [1.29, 1.82) is 5.26 Å². The van der Waals surface area contributed by atoms with Crippen molar-refractivity contribution in [2.24, 2.45) is 11.1 Å². The summed E-state index contributed by atoms with van der Waals surface area (Å²) in [5.74, 6) is -3.40. The van der Waals surface area contributed by atoms with Gasteiger partial charge in [-0.3, -0.25) is 9.59 Å².